The van der Waals surface area contributed by atoms with Gasteiger partial charge in [0.2, 0.25) is 11.6 Å². The van der Waals surface area contributed by atoms with Crippen LogP contribution in [0.4, 0.5) is 0 Å². The molecule has 0 radical (unpaired) electrons. The Morgan fingerprint density at radius 2 is 1.47 bits per heavy atom. The number of carbonyl (C=O) groups excluding carboxylic acids is 2. The highest BCUT2D eigenvalue weighted by atomic mass is 16.8. The van der Waals surface area contributed by atoms with E-state index >= 15 is 0 Å². The first-order chi connectivity index (χ1) is 7.99. The summed E-state index contributed by atoms with van der Waals surface area (Å²) in [6, 6.07) is 0. The fourth-order valence-electron chi connectivity index (χ4n) is 1.96. The monoisotopic (exact) mass is 238 g/mol. The van der Waals surface area contributed by atoms with Crippen LogP contribution < -0.4 is 0 Å². The molecule has 17 heavy (non-hydrogen) atoms. The maximum absolute atomic E-state index is 10.6. The average molecular weight is 238 g/mol. The van der Waals surface area contributed by atoms with E-state index in [2.05, 4.69) is 0 Å². The lowest BCUT2D eigenvalue weighted by Gasteiger charge is -2.34. The van der Waals surface area contributed by atoms with Gasteiger partial charge in [0, 0.05) is 26.7 Å². The highest BCUT2D eigenvalue weighted by Gasteiger charge is 2.43. The van der Waals surface area contributed by atoms with E-state index < -0.39 is 11.6 Å². The summed E-state index contributed by atoms with van der Waals surface area (Å²) in [7, 11) is 0. The molecule has 2 rings (SSSR count). The van der Waals surface area contributed by atoms with Crippen LogP contribution in [0.25, 0.3) is 0 Å². The zero-order valence-corrected chi connectivity index (χ0v) is 9.76. The van der Waals surface area contributed by atoms with E-state index in [0.29, 0.717) is 25.4 Å². The third-order valence-electron chi connectivity index (χ3n) is 2.68. The van der Waals surface area contributed by atoms with E-state index in [1.807, 2.05) is 0 Å². The van der Waals surface area contributed by atoms with Gasteiger partial charge in [-0.15, -0.1) is 0 Å². The van der Waals surface area contributed by atoms with Gasteiger partial charge in [-0.25, -0.2) is 0 Å². The lowest BCUT2D eigenvalue weighted by atomic mass is 10.2. The maximum atomic E-state index is 10.6. The first kappa shape index (κ1) is 11.9. The van der Waals surface area contributed by atoms with Gasteiger partial charge in [0.05, 0.1) is 0 Å². The molecule has 2 unspecified atom stereocenters. The minimum absolute atomic E-state index is 0.262. The molecule has 2 atom stereocenters. The standard InChI is InChI=1S/C12H14O5/c1-11(5-3-9(7-13)15-11)17-12(2)6-4-10(8-14)16-12/h3-4,7-8H,5-6H2,1-2H3. The van der Waals surface area contributed by atoms with Gasteiger partial charge in [-0.05, 0) is 12.2 Å². The van der Waals surface area contributed by atoms with Crippen LogP contribution in [0.3, 0.4) is 0 Å². The quantitative estimate of drug-likeness (QED) is 0.693. The number of allylic oxidation sites excluding steroid dienone is 2. The summed E-state index contributed by atoms with van der Waals surface area (Å²) in [5, 5.41) is 0. The van der Waals surface area contributed by atoms with Gasteiger partial charge in [0.15, 0.2) is 24.1 Å². The van der Waals surface area contributed by atoms with Gasteiger partial charge in [0.1, 0.15) is 0 Å². The molecule has 0 aromatic heterocycles. The molecule has 0 saturated heterocycles. The van der Waals surface area contributed by atoms with Crippen LogP contribution in [0.5, 0.6) is 0 Å². The first-order valence-corrected chi connectivity index (χ1v) is 5.37. The van der Waals surface area contributed by atoms with Crippen LogP contribution in [-0.4, -0.2) is 24.1 Å². The highest BCUT2D eigenvalue weighted by molar-refractivity contribution is 5.71. The zero-order valence-electron chi connectivity index (χ0n) is 9.76. The molecule has 92 valence electrons. The topological polar surface area (TPSA) is 61.8 Å². The number of hydrogen-bond acceptors (Lipinski definition) is 5. The Labute approximate surface area is 99.0 Å². The summed E-state index contributed by atoms with van der Waals surface area (Å²) in [4.78, 5) is 21.1. The van der Waals surface area contributed by atoms with Crippen molar-refractivity contribution in [1.29, 1.82) is 0 Å². The van der Waals surface area contributed by atoms with Crippen LogP contribution >= 0.6 is 0 Å². The van der Waals surface area contributed by atoms with Crippen LogP contribution in [0.1, 0.15) is 26.7 Å². The van der Waals surface area contributed by atoms with E-state index in [1.54, 1.807) is 26.0 Å². The van der Waals surface area contributed by atoms with E-state index in [4.69, 9.17) is 14.2 Å². The van der Waals surface area contributed by atoms with Gasteiger partial charge in [-0.2, -0.15) is 0 Å². The van der Waals surface area contributed by atoms with Crippen molar-refractivity contribution in [3.8, 4) is 0 Å². The Morgan fingerprint density at radius 3 is 1.76 bits per heavy atom. The van der Waals surface area contributed by atoms with Crippen molar-refractivity contribution < 1.29 is 23.8 Å². The Kier molecular flexibility index (Phi) is 2.79. The molecule has 2 aliphatic heterocycles. The van der Waals surface area contributed by atoms with Crippen molar-refractivity contribution in [3.05, 3.63) is 23.7 Å². The van der Waals surface area contributed by atoms with Gasteiger partial charge in [-0.1, -0.05) is 0 Å². The summed E-state index contributed by atoms with van der Waals surface area (Å²) in [6.07, 6.45) is 5.55. The summed E-state index contributed by atoms with van der Waals surface area (Å²) in [5.74, 6) is -1.32. The van der Waals surface area contributed by atoms with Crippen molar-refractivity contribution in [2.75, 3.05) is 0 Å². The molecule has 0 aromatic rings. The molecule has 2 heterocycles. The molecule has 0 aliphatic carbocycles. The molecule has 5 heteroatoms. The molecule has 0 amide bonds. The number of carbonyl (C=O) groups is 2. The molecule has 5 nitrogen and oxygen atoms in total. The molecule has 0 saturated carbocycles. The van der Waals surface area contributed by atoms with Gasteiger partial charge in [-0.3, -0.25) is 14.3 Å². The minimum Gasteiger partial charge on any atom is -0.459 e. The zero-order chi connectivity index (χ0) is 12.5. The Hall–Kier alpha value is -1.62. The van der Waals surface area contributed by atoms with Crippen LogP contribution in [0.15, 0.2) is 23.7 Å². The average Bonchev–Trinajstić information content (AvgIpc) is 2.82. The Balaban J connectivity index is 1.99. The Bertz CT molecular complexity index is 373. The van der Waals surface area contributed by atoms with Crippen molar-refractivity contribution in [3.63, 3.8) is 0 Å². The third-order valence-corrected chi connectivity index (χ3v) is 2.68. The molecule has 0 spiro atoms. The second-order valence-corrected chi connectivity index (χ2v) is 4.43. The van der Waals surface area contributed by atoms with E-state index in [1.165, 1.54) is 0 Å². The van der Waals surface area contributed by atoms with Crippen molar-refractivity contribution in [2.24, 2.45) is 0 Å². The molecule has 0 fully saturated rings. The maximum Gasteiger partial charge on any atom is 0.215 e. The van der Waals surface area contributed by atoms with E-state index in [0.717, 1.165) is 0 Å². The fourth-order valence-corrected chi connectivity index (χ4v) is 1.96. The third kappa shape index (κ3) is 2.39. The predicted molar refractivity (Wildman–Crippen MR) is 57.6 cm³/mol. The number of rotatable bonds is 4. The van der Waals surface area contributed by atoms with Gasteiger partial charge < -0.3 is 9.47 Å². The molecular formula is C12H14O5. The minimum atomic E-state index is -0.919. The predicted octanol–water partition coefficient (Wildman–Crippen LogP) is 1.44. The van der Waals surface area contributed by atoms with Crippen LogP contribution in [0.2, 0.25) is 0 Å². The normalized spacial score (nSPS) is 35.6. The molecule has 0 aromatic carbocycles. The van der Waals surface area contributed by atoms with Crippen LogP contribution in [0, 0.1) is 0 Å². The number of hydrogen-bond donors (Lipinski definition) is 0. The number of aldehydes is 2. The van der Waals surface area contributed by atoms with Crippen molar-refractivity contribution in [1.82, 2.24) is 0 Å². The molecule has 2 aliphatic rings. The Morgan fingerprint density at radius 1 is 1.06 bits per heavy atom. The fraction of sp³-hybridized carbons (Fsp3) is 0.500. The second-order valence-electron chi connectivity index (χ2n) is 4.43. The van der Waals surface area contributed by atoms with Crippen molar-refractivity contribution in [2.45, 2.75) is 38.3 Å². The summed E-state index contributed by atoms with van der Waals surface area (Å²) in [6.45, 7) is 3.46. The molecular weight excluding hydrogens is 224 g/mol. The molecule has 0 bridgehead atoms. The first-order valence-electron chi connectivity index (χ1n) is 5.37. The van der Waals surface area contributed by atoms with Gasteiger partial charge in [0.25, 0.3) is 0 Å². The lowest BCUT2D eigenvalue weighted by molar-refractivity contribution is -0.312. The second kappa shape index (κ2) is 4.00. The van der Waals surface area contributed by atoms with E-state index in [9.17, 15) is 9.59 Å². The van der Waals surface area contributed by atoms with Gasteiger partial charge >= 0.3 is 0 Å². The molecule has 0 N–H and O–H groups in total. The summed E-state index contributed by atoms with van der Waals surface area (Å²) in [5.41, 5.74) is 0. The van der Waals surface area contributed by atoms with E-state index in [-0.39, 0.29) is 11.5 Å². The largest absolute Gasteiger partial charge is 0.459 e. The SMILES string of the molecule is CC1(OC2(C)CC=C(C=O)O2)CC=C(C=O)O1. The van der Waals surface area contributed by atoms with Crippen LogP contribution in [-0.2, 0) is 23.8 Å². The highest BCUT2D eigenvalue weighted by Crippen LogP contribution is 2.37. The smallest absolute Gasteiger partial charge is 0.215 e. The van der Waals surface area contributed by atoms with Crippen molar-refractivity contribution >= 4 is 12.6 Å². The number of ether oxygens (including phenoxy) is 3. The summed E-state index contributed by atoms with van der Waals surface area (Å²) < 4.78 is 16.5. The lowest BCUT2D eigenvalue weighted by Crippen LogP contribution is -2.41. The summed E-state index contributed by atoms with van der Waals surface area (Å²) >= 11 is 0.